The normalized spacial score (nSPS) is 16.6. The van der Waals surface area contributed by atoms with E-state index in [-0.39, 0.29) is 11.9 Å². The van der Waals surface area contributed by atoms with Crippen LogP contribution in [0.25, 0.3) is 0 Å². The van der Waals surface area contributed by atoms with E-state index in [4.69, 9.17) is 4.74 Å². The van der Waals surface area contributed by atoms with Gasteiger partial charge in [-0.25, -0.2) is 8.78 Å². The standard InChI is InChI=1S/C14H19F2NO/c1-2-3-13(9-17-12-4-5-12)18-14-7-10(15)6-11(16)8-14/h6-8,12-13,17H,2-5,9H2,1H3. The SMILES string of the molecule is CCCC(CNC1CC1)Oc1cc(F)cc(F)c1. The topological polar surface area (TPSA) is 21.3 Å². The molecule has 0 aromatic heterocycles. The number of hydrogen-bond acceptors (Lipinski definition) is 2. The lowest BCUT2D eigenvalue weighted by molar-refractivity contribution is 0.184. The lowest BCUT2D eigenvalue weighted by Gasteiger charge is -2.19. The van der Waals surface area contributed by atoms with Crippen LogP contribution in [0.4, 0.5) is 8.78 Å². The summed E-state index contributed by atoms with van der Waals surface area (Å²) in [5, 5.41) is 3.38. The summed E-state index contributed by atoms with van der Waals surface area (Å²) in [5.41, 5.74) is 0. The van der Waals surface area contributed by atoms with Crippen LogP contribution in [0, 0.1) is 11.6 Å². The first kappa shape index (κ1) is 13.3. The van der Waals surface area contributed by atoms with Crippen molar-refractivity contribution in [2.45, 2.75) is 44.8 Å². The molecule has 1 N–H and O–H groups in total. The third-order valence-electron chi connectivity index (χ3n) is 2.96. The zero-order valence-electron chi connectivity index (χ0n) is 10.6. The number of hydrogen-bond donors (Lipinski definition) is 1. The first-order valence-corrected chi connectivity index (χ1v) is 6.53. The van der Waals surface area contributed by atoms with Crippen molar-refractivity contribution in [1.29, 1.82) is 0 Å². The van der Waals surface area contributed by atoms with Crippen molar-refractivity contribution in [3.8, 4) is 5.75 Å². The first-order valence-electron chi connectivity index (χ1n) is 6.53. The molecule has 4 heteroatoms. The molecule has 0 bridgehead atoms. The zero-order chi connectivity index (χ0) is 13.0. The zero-order valence-corrected chi connectivity index (χ0v) is 10.6. The van der Waals surface area contributed by atoms with E-state index in [0.29, 0.717) is 6.04 Å². The van der Waals surface area contributed by atoms with Gasteiger partial charge in [-0.3, -0.25) is 0 Å². The average molecular weight is 255 g/mol. The molecule has 1 unspecified atom stereocenters. The van der Waals surface area contributed by atoms with E-state index in [2.05, 4.69) is 12.2 Å². The molecule has 100 valence electrons. The van der Waals surface area contributed by atoms with Gasteiger partial charge >= 0.3 is 0 Å². The summed E-state index contributed by atoms with van der Waals surface area (Å²) in [6.45, 7) is 2.80. The lowest BCUT2D eigenvalue weighted by atomic mass is 10.2. The highest BCUT2D eigenvalue weighted by Crippen LogP contribution is 2.21. The van der Waals surface area contributed by atoms with Gasteiger partial charge in [-0.1, -0.05) is 13.3 Å². The monoisotopic (exact) mass is 255 g/mol. The molecule has 0 spiro atoms. The van der Waals surface area contributed by atoms with Crippen molar-refractivity contribution in [2.75, 3.05) is 6.54 Å². The highest BCUT2D eigenvalue weighted by molar-refractivity contribution is 5.24. The fourth-order valence-electron chi connectivity index (χ4n) is 1.90. The molecule has 1 aromatic carbocycles. The maximum absolute atomic E-state index is 13.1. The third kappa shape index (κ3) is 4.26. The summed E-state index contributed by atoms with van der Waals surface area (Å²) in [5.74, 6) is -0.936. The predicted molar refractivity (Wildman–Crippen MR) is 66.7 cm³/mol. The summed E-state index contributed by atoms with van der Waals surface area (Å²) in [7, 11) is 0. The van der Waals surface area contributed by atoms with Crippen molar-refractivity contribution in [3.05, 3.63) is 29.8 Å². The fraction of sp³-hybridized carbons (Fsp3) is 0.571. The molecule has 18 heavy (non-hydrogen) atoms. The Bertz CT molecular complexity index is 373. The summed E-state index contributed by atoms with van der Waals surface area (Å²) in [4.78, 5) is 0. The molecular weight excluding hydrogens is 236 g/mol. The van der Waals surface area contributed by atoms with Gasteiger partial charge in [0.25, 0.3) is 0 Å². The minimum absolute atomic E-state index is 0.0307. The number of benzene rings is 1. The molecule has 0 amide bonds. The fourth-order valence-corrected chi connectivity index (χ4v) is 1.90. The van der Waals surface area contributed by atoms with E-state index in [9.17, 15) is 8.78 Å². The van der Waals surface area contributed by atoms with Crippen LogP contribution in [0.15, 0.2) is 18.2 Å². The van der Waals surface area contributed by atoms with Gasteiger partial charge in [0.05, 0.1) is 0 Å². The summed E-state index contributed by atoms with van der Waals surface area (Å²) < 4.78 is 31.8. The van der Waals surface area contributed by atoms with Crippen LogP contribution in [-0.2, 0) is 0 Å². The van der Waals surface area contributed by atoms with E-state index >= 15 is 0 Å². The Kier molecular flexibility index (Phi) is 4.53. The minimum Gasteiger partial charge on any atom is -0.489 e. The second kappa shape index (κ2) is 6.14. The molecule has 2 nitrogen and oxygen atoms in total. The van der Waals surface area contributed by atoms with Crippen LogP contribution < -0.4 is 10.1 Å². The summed E-state index contributed by atoms with van der Waals surface area (Å²) >= 11 is 0. The molecule has 0 saturated heterocycles. The van der Waals surface area contributed by atoms with Gasteiger partial charge in [-0.2, -0.15) is 0 Å². The largest absolute Gasteiger partial charge is 0.489 e. The van der Waals surface area contributed by atoms with Gasteiger partial charge in [0.1, 0.15) is 23.5 Å². The Hall–Kier alpha value is -1.16. The van der Waals surface area contributed by atoms with Crippen LogP contribution in [-0.4, -0.2) is 18.7 Å². The van der Waals surface area contributed by atoms with Crippen LogP contribution in [0.5, 0.6) is 5.75 Å². The smallest absolute Gasteiger partial charge is 0.129 e. The third-order valence-corrected chi connectivity index (χ3v) is 2.96. The van der Waals surface area contributed by atoms with Gasteiger partial charge < -0.3 is 10.1 Å². The highest BCUT2D eigenvalue weighted by atomic mass is 19.1. The molecule has 1 atom stereocenters. The van der Waals surface area contributed by atoms with Crippen LogP contribution in [0.3, 0.4) is 0 Å². The molecule has 2 rings (SSSR count). The summed E-state index contributed by atoms with van der Waals surface area (Å²) in [6.07, 6.45) is 4.25. The second-order valence-corrected chi connectivity index (χ2v) is 4.82. The Labute approximate surface area is 106 Å². The highest BCUT2D eigenvalue weighted by Gasteiger charge is 2.22. The van der Waals surface area contributed by atoms with Crippen LogP contribution in [0.2, 0.25) is 0 Å². The minimum atomic E-state index is -0.601. The van der Waals surface area contributed by atoms with Gasteiger partial charge in [0, 0.05) is 30.8 Å². The van der Waals surface area contributed by atoms with Gasteiger partial charge in [0.2, 0.25) is 0 Å². The van der Waals surface area contributed by atoms with Crippen LogP contribution >= 0.6 is 0 Å². The van der Waals surface area contributed by atoms with Gasteiger partial charge in [0.15, 0.2) is 0 Å². The van der Waals surface area contributed by atoms with E-state index in [1.165, 1.54) is 25.0 Å². The molecule has 1 aliphatic carbocycles. The Morgan fingerprint density at radius 1 is 1.28 bits per heavy atom. The average Bonchev–Trinajstić information content (AvgIpc) is 3.08. The molecule has 0 aliphatic heterocycles. The van der Waals surface area contributed by atoms with Gasteiger partial charge in [-0.15, -0.1) is 0 Å². The Balaban J connectivity index is 1.92. The Morgan fingerprint density at radius 3 is 2.50 bits per heavy atom. The van der Waals surface area contributed by atoms with E-state index in [1.54, 1.807) is 0 Å². The van der Waals surface area contributed by atoms with Crippen molar-refractivity contribution >= 4 is 0 Å². The molecule has 1 aliphatic rings. The number of rotatable bonds is 7. The van der Waals surface area contributed by atoms with Gasteiger partial charge in [-0.05, 0) is 19.3 Å². The van der Waals surface area contributed by atoms with Crippen LogP contribution in [0.1, 0.15) is 32.6 Å². The van der Waals surface area contributed by atoms with Crippen molar-refractivity contribution in [1.82, 2.24) is 5.32 Å². The molecule has 0 heterocycles. The van der Waals surface area contributed by atoms with Crippen molar-refractivity contribution < 1.29 is 13.5 Å². The van der Waals surface area contributed by atoms with Crippen molar-refractivity contribution in [2.24, 2.45) is 0 Å². The molecule has 1 fully saturated rings. The first-order chi connectivity index (χ1) is 8.67. The Morgan fingerprint density at radius 2 is 1.94 bits per heavy atom. The van der Waals surface area contributed by atoms with E-state index in [0.717, 1.165) is 25.5 Å². The maximum Gasteiger partial charge on any atom is 0.129 e. The molecular formula is C14H19F2NO. The maximum atomic E-state index is 13.1. The number of ether oxygens (including phenoxy) is 1. The van der Waals surface area contributed by atoms with E-state index in [1.807, 2.05) is 0 Å². The molecule has 1 saturated carbocycles. The number of halogens is 2. The predicted octanol–water partition coefficient (Wildman–Crippen LogP) is 3.26. The second-order valence-electron chi connectivity index (χ2n) is 4.82. The molecule has 0 radical (unpaired) electrons. The van der Waals surface area contributed by atoms with E-state index < -0.39 is 11.6 Å². The van der Waals surface area contributed by atoms with Crippen molar-refractivity contribution in [3.63, 3.8) is 0 Å². The molecule has 1 aromatic rings. The number of nitrogens with one attached hydrogen (secondary N) is 1. The quantitative estimate of drug-likeness (QED) is 0.807. The lowest BCUT2D eigenvalue weighted by Crippen LogP contribution is -2.32. The summed E-state index contributed by atoms with van der Waals surface area (Å²) in [6, 6.07) is 3.91.